The van der Waals surface area contributed by atoms with Crippen LogP contribution in [-0.2, 0) is 6.54 Å². The Balaban J connectivity index is 1.34. The van der Waals surface area contributed by atoms with Crippen LogP contribution in [0.2, 0.25) is 0 Å². The van der Waals surface area contributed by atoms with Crippen LogP contribution in [0.3, 0.4) is 0 Å². The van der Waals surface area contributed by atoms with E-state index in [9.17, 15) is 18.0 Å². The smallest absolute Gasteiger partial charge is 0.422 e. The van der Waals surface area contributed by atoms with Gasteiger partial charge in [0.2, 0.25) is 0 Å². The van der Waals surface area contributed by atoms with Gasteiger partial charge in [-0.25, -0.2) is 4.79 Å². The van der Waals surface area contributed by atoms with E-state index in [2.05, 4.69) is 9.88 Å². The summed E-state index contributed by atoms with van der Waals surface area (Å²) >= 11 is 0. The molecule has 0 bridgehead atoms. The maximum atomic E-state index is 12.4. The number of ether oxygens (including phenoxy) is 1. The van der Waals surface area contributed by atoms with E-state index in [1.165, 1.54) is 0 Å². The number of fused-ring (bicyclic) bond motifs is 1. The van der Waals surface area contributed by atoms with E-state index >= 15 is 0 Å². The summed E-state index contributed by atoms with van der Waals surface area (Å²) in [5, 5.41) is 0. The molecule has 0 aliphatic carbocycles. The van der Waals surface area contributed by atoms with E-state index in [-0.39, 0.29) is 17.5 Å². The Hall–Kier alpha value is -2.74. The van der Waals surface area contributed by atoms with Gasteiger partial charge in [-0.05, 0) is 42.7 Å². The zero-order valence-electron chi connectivity index (χ0n) is 15.8. The van der Waals surface area contributed by atoms with Crippen LogP contribution >= 0.6 is 0 Å². The second-order valence-corrected chi connectivity index (χ2v) is 7.37. The molecule has 1 saturated heterocycles. The predicted molar refractivity (Wildman–Crippen MR) is 104 cm³/mol. The highest BCUT2D eigenvalue weighted by Gasteiger charge is 2.28. The Morgan fingerprint density at radius 2 is 1.72 bits per heavy atom. The number of nitrogens with one attached hydrogen (secondary N) is 1. The third kappa shape index (κ3) is 4.64. The van der Waals surface area contributed by atoms with E-state index < -0.39 is 12.8 Å². The molecule has 154 valence electrons. The summed E-state index contributed by atoms with van der Waals surface area (Å²) in [6, 6.07) is 14.6. The van der Waals surface area contributed by atoms with Crippen molar-refractivity contribution in [3.05, 3.63) is 64.6 Å². The first-order valence-electron chi connectivity index (χ1n) is 9.59. The first kappa shape index (κ1) is 19.6. The van der Waals surface area contributed by atoms with E-state index in [0.29, 0.717) is 0 Å². The maximum absolute atomic E-state index is 12.4. The van der Waals surface area contributed by atoms with Crippen molar-refractivity contribution >= 4 is 11.0 Å². The molecule has 8 heteroatoms. The largest absolute Gasteiger partial charge is 0.484 e. The molecular formula is C21H22F3N3O2. The molecule has 1 aliphatic rings. The predicted octanol–water partition coefficient (Wildman–Crippen LogP) is 4.11. The molecule has 1 N–H and O–H groups in total. The van der Waals surface area contributed by atoms with Gasteiger partial charge >= 0.3 is 11.9 Å². The lowest BCUT2D eigenvalue weighted by atomic mass is 10.0. The summed E-state index contributed by atoms with van der Waals surface area (Å²) < 4.78 is 43.3. The number of piperidine rings is 1. The van der Waals surface area contributed by atoms with Gasteiger partial charge in [-0.2, -0.15) is 13.2 Å². The zero-order chi connectivity index (χ0) is 20.4. The highest BCUT2D eigenvalue weighted by molar-refractivity contribution is 5.75. The Morgan fingerprint density at radius 3 is 2.41 bits per heavy atom. The van der Waals surface area contributed by atoms with Gasteiger partial charge in [0.15, 0.2) is 6.61 Å². The lowest BCUT2D eigenvalue weighted by Gasteiger charge is -2.32. The van der Waals surface area contributed by atoms with Crippen molar-refractivity contribution in [2.75, 3.05) is 19.7 Å². The van der Waals surface area contributed by atoms with Crippen molar-refractivity contribution < 1.29 is 17.9 Å². The summed E-state index contributed by atoms with van der Waals surface area (Å²) in [5.74, 6) is 0.212. The minimum absolute atomic E-state index is 0.0703. The number of hydrogen-bond donors (Lipinski definition) is 1. The summed E-state index contributed by atoms with van der Waals surface area (Å²) in [4.78, 5) is 17.6. The second-order valence-electron chi connectivity index (χ2n) is 7.37. The SMILES string of the molecule is O=c1[nH]c2ccccc2n1C1CCN(Cc2ccc(OCC(F)(F)F)cc2)CC1. The lowest BCUT2D eigenvalue weighted by Crippen LogP contribution is -2.36. The summed E-state index contributed by atoms with van der Waals surface area (Å²) in [5.41, 5.74) is 2.74. The molecule has 2 aromatic carbocycles. The maximum Gasteiger partial charge on any atom is 0.422 e. The van der Waals surface area contributed by atoms with E-state index in [4.69, 9.17) is 4.74 Å². The molecule has 29 heavy (non-hydrogen) atoms. The van der Waals surface area contributed by atoms with Crippen molar-refractivity contribution in [1.82, 2.24) is 14.5 Å². The molecule has 3 aromatic rings. The minimum Gasteiger partial charge on any atom is -0.484 e. The van der Waals surface area contributed by atoms with Crippen LogP contribution in [0.4, 0.5) is 13.2 Å². The first-order valence-corrected chi connectivity index (χ1v) is 9.59. The topological polar surface area (TPSA) is 50.3 Å². The monoisotopic (exact) mass is 405 g/mol. The van der Waals surface area contributed by atoms with Gasteiger partial charge in [-0.1, -0.05) is 24.3 Å². The third-order valence-corrected chi connectivity index (χ3v) is 5.28. The highest BCUT2D eigenvalue weighted by atomic mass is 19.4. The molecule has 4 rings (SSSR count). The number of alkyl halides is 3. The van der Waals surface area contributed by atoms with Gasteiger partial charge in [0.25, 0.3) is 0 Å². The van der Waals surface area contributed by atoms with Crippen LogP contribution < -0.4 is 10.4 Å². The normalized spacial score (nSPS) is 16.4. The molecule has 0 radical (unpaired) electrons. The fraction of sp³-hybridized carbons (Fsp3) is 0.381. The summed E-state index contributed by atoms with van der Waals surface area (Å²) in [7, 11) is 0. The highest BCUT2D eigenvalue weighted by Crippen LogP contribution is 2.26. The van der Waals surface area contributed by atoms with Crippen molar-refractivity contribution in [1.29, 1.82) is 0 Å². The average molecular weight is 405 g/mol. The Bertz CT molecular complexity index is 1020. The Kier molecular flexibility index (Phi) is 5.36. The molecule has 5 nitrogen and oxygen atoms in total. The molecule has 2 heterocycles. The molecule has 0 amide bonds. The number of likely N-dealkylation sites (tertiary alicyclic amines) is 1. The number of para-hydroxylation sites is 2. The van der Waals surface area contributed by atoms with Gasteiger partial charge in [0.1, 0.15) is 5.75 Å². The third-order valence-electron chi connectivity index (χ3n) is 5.28. The number of benzene rings is 2. The number of aromatic amines is 1. The first-order chi connectivity index (χ1) is 13.9. The van der Waals surface area contributed by atoms with Crippen molar-refractivity contribution in [2.24, 2.45) is 0 Å². The van der Waals surface area contributed by atoms with Crippen LogP contribution in [0.25, 0.3) is 11.0 Å². The van der Waals surface area contributed by atoms with Crippen LogP contribution in [0.5, 0.6) is 5.75 Å². The lowest BCUT2D eigenvalue weighted by molar-refractivity contribution is -0.153. The molecule has 0 atom stereocenters. The van der Waals surface area contributed by atoms with Crippen LogP contribution in [-0.4, -0.2) is 40.3 Å². The molecule has 0 unspecified atom stereocenters. The van der Waals surface area contributed by atoms with E-state index in [1.54, 1.807) is 24.3 Å². The quantitative estimate of drug-likeness (QED) is 0.695. The van der Waals surface area contributed by atoms with E-state index in [0.717, 1.165) is 49.1 Å². The van der Waals surface area contributed by atoms with Gasteiger partial charge in [0, 0.05) is 25.7 Å². The number of halogens is 3. The summed E-state index contributed by atoms with van der Waals surface area (Å²) in [6.45, 7) is 1.13. The molecular weight excluding hydrogens is 383 g/mol. The number of hydrogen-bond acceptors (Lipinski definition) is 3. The van der Waals surface area contributed by atoms with Crippen molar-refractivity contribution in [2.45, 2.75) is 31.6 Å². The standard InChI is InChI=1S/C21H22F3N3O2/c22-21(23,24)14-29-17-7-5-15(6-8-17)13-26-11-9-16(10-12-26)27-19-4-2-1-3-18(19)25-20(27)28/h1-8,16H,9-14H2,(H,25,28). The van der Waals surface area contributed by atoms with Crippen molar-refractivity contribution in [3.8, 4) is 5.75 Å². The average Bonchev–Trinajstić information content (AvgIpc) is 3.03. The van der Waals surface area contributed by atoms with Crippen molar-refractivity contribution in [3.63, 3.8) is 0 Å². The van der Waals surface area contributed by atoms with Gasteiger partial charge in [-0.3, -0.25) is 9.47 Å². The minimum atomic E-state index is -4.34. The number of imidazole rings is 1. The van der Waals surface area contributed by atoms with Crippen LogP contribution in [0.15, 0.2) is 53.3 Å². The Morgan fingerprint density at radius 1 is 1.03 bits per heavy atom. The fourth-order valence-corrected chi connectivity index (χ4v) is 3.89. The molecule has 1 fully saturated rings. The van der Waals surface area contributed by atoms with Gasteiger partial charge in [-0.15, -0.1) is 0 Å². The number of H-pyrrole nitrogens is 1. The molecule has 0 spiro atoms. The molecule has 0 saturated carbocycles. The molecule has 1 aromatic heterocycles. The number of aromatic nitrogens is 2. The van der Waals surface area contributed by atoms with E-state index in [1.807, 2.05) is 28.8 Å². The van der Waals surface area contributed by atoms with Crippen LogP contribution in [0, 0.1) is 0 Å². The Labute approximate surface area is 165 Å². The van der Waals surface area contributed by atoms with Gasteiger partial charge < -0.3 is 9.72 Å². The number of nitrogens with zero attached hydrogens (tertiary/aromatic N) is 2. The summed E-state index contributed by atoms with van der Waals surface area (Å²) in [6.07, 6.45) is -2.60. The van der Waals surface area contributed by atoms with Crippen LogP contribution in [0.1, 0.15) is 24.4 Å². The molecule has 1 aliphatic heterocycles. The fourth-order valence-electron chi connectivity index (χ4n) is 3.89. The second kappa shape index (κ2) is 7.94. The zero-order valence-corrected chi connectivity index (χ0v) is 15.8. The number of rotatable bonds is 5. The van der Waals surface area contributed by atoms with Gasteiger partial charge in [0.05, 0.1) is 11.0 Å².